The van der Waals surface area contributed by atoms with Gasteiger partial charge in [-0.05, 0) is 30.4 Å². The Kier molecular flexibility index (Phi) is 1.88. The highest BCUT2D eigenvalue weighted by Crippen LogP contribution is 2.40. The van der Waals surface area contributed by atoms with Gasteiger partial charge < -0.3 is 5.11 Å². The quantitative estimate of drug-likeness (QED) is 0.728. The molecule has 1 aliphatic carbocycles. The smallest absolute Gasteiger partial charge is 0.409 e. The third-order valence-electron chi connectivity index (χ3n) is 2.06. The summed E-state index contributed by atoms with van der Waals surface area (Å²) in [5, 5.41) is 10.8. The van der Waals surface area contributed by atoms with Crippen molar-refractivity contribution < 1.29 is 9.90 Å². The molecule has 4 heteroatoms. The third kappa shape index (κ3) is 1.96. The number of aromatic nitrogens is 1. The Labute approximate surface area is 75.6 Å². The van der Waals surface area contributed by atoms with E-state index in [0.717, 1.165) is 5.56 Å². The summed E-state index contributed by atoms with van der Waals surface area (Å²) in [6.45, 7) is 0. The molecule has 2 N–H and O–H groups in total. The van der Waals surface area contributed by atoms with Crippen LogP contribution in [-0.2, 0) is 0 Å². The Balaban J connectivity index is 2.16. The highest BCUT2D eigenvalue weighted by molar-refractivity contribution is 5.82. The van der Waals surface area contributed by atoms with E-state index in [1.54, 1.807) is 6.20 Å². The highest BCUT2D eigenvalue weighted by Gasteiger charge is 2.23. The first-order valence-electron chi connectivity index (χ1n) is 4.20. The van der Waals surface area contributed by atoms with E-state index in [9.17, 15) is 4.79 Å². The molecule has 0 bridgehead atoms. The van der Waals surface area contributed by atoms with Crippen LogP contribution in [0.1, 0.15) is 24.3 Å². The molecule has 1 aromatic rings. The van der Waals surface area contributed by atoms with Crippen molar-refractivity contribution in [2.75, 3.05) is 5.32 Å². The van der Waals surface area contributed by atoms with Crippen LogP contribution in [0.4, 0.5) is 10.5 Å². The molecule has 0 radical (unpaired) electrons. The zero-order valence-electron chi connectivity index (χ0n) is 7.03. The molecule has 1 heterocycles. The first kappa shape index (κ1) is 8.04. The lowest BCUT2D eigenvalue weighted by molar-refractivity contribution is 0.209. The largest absolute Gasteiger partial charge is 0.465 e. The molecule has 0 unspecified atom stereocenters. The number of hydrogen-bond acceptors (Lipinski definition) is 2. The van der Waals surface area contributed by atoms with Gasteiger partial charge >= 0.3 is 6.09 Å². The predicted octanol–water partition coefficient (Wildman–Crippen LogP) is 2.05. The number of carbonyl (C=O) groups is 1. The second kappa shape index (κ2) is 3.05. The van der Waals surface area contributed by atoms with E-state index in [4.69, 9.17) is 5.11 Å². The summed E-state index contributed by atoms with van der Waals surface area (Å²) in [6.07, 6.45) is 4.65. The van der Waals surface area contributed by atoms with Gasteiger partial charge in [0.25, 0.3) is 0 Å². The van der Waals surface area contributed by atoms with E-state index in [-0.39, 0.29) is 0 Å². The Morgan fingerprint density at radius 2 is 2.31 bits per heavy atom. The number of rotatable bonds is 2. The van der Waals surface area contributed by atoms with Gasteiger partial charge in [-0.2, -0.15) is 0 Å². The van der Waals surface area contributed by atoms with Gasteiger partial charge in [-0.1, -0.05) is 0 Å². The summed E-state index contributed by atoms with van der Waals surface area (Å²) >= 11 is 0. The lowest BCUT2D eigenvalue weighted by atomic mass is 10.2. The molecular formula is C9H10N2O2. The Morgan fingerprint density at radius 3 is 2.92 bits per heavy atom. The van der Waals surface area contributed by atoms with Crippen molar-refractivity contribution in [2.24, 2.45) is 0 Å². The molecule has 4 nitrogen and oxygen atoms in total. The topological polar surface area (TPSA) is 62.2 Å². The SMILES string of the molecule is O=C(O)Nc1cncc(C2CC2)c1. The average molecular weight is 178 g/mol. The van der Waals surface area contributed by atoms with Crippen LogP contribution < -0.4 is 5.32 Å². The molecule has 0 aliphatic heterocycles. The van der Waals surface area contributed by atoms with Crippen LogP contribution in [0.25, 0.3) is 0 Å². The summed E-state index contributed by atoms with van der Waals surface area (Å²) in [6, 6.07) is 1.85. The molecule has 0 spiro atoms. The minimum atomic E-state index is -1.05. The van der Waals surface area contributed by atoms with Gasteiger partial charge in [0.05, 0.1) is 11.9 Å². The first-order chi connectivity index (χ1) is 6.25. The van der Waals surface area contributed by atoms with Gasteiger partial charge in [0.1, 0.15) is 0 Å². The van der Waals surface area contributed by atoms with E-state index in [1.165, 1.54) is 19.0 Å². The van der Waals surface area contributed by atoms with Crippen molar-refractivity contribution in [3.8, 4) is 0 Å². The number of pyridine rings is 1. The normalized spacial score (nSPS) is 15.4. The van der Waals surface area contributed by atoms with Crippen LogP contribution >= 0.6 is 0 Å². The summed E-state index contributed by atoms with van der Waals surface area (Å²) < 4.78 is 0. The molecule has 68 valence electrons. The molecule has 1 fully saturated rings. The monoisotopic (exact) mass is 178 g/mol. The predicted molar refractivity (Wildman–Crippen MR) is 47.9 cm³/mol. The summed E-state index contributed by atoms with van der Waals surface area (Å²) in [5.74, 6) is 0.600. The second-order valence-corrected chi connectivity index (χ2v) is 3.21. The minimum Gasteiger partial charge on any atom is -0.465 e. The van der Waals surface area contributed by atoms with Crippen LogP contribution in [0, 0.1) is 0 Å². The Morgan fingerprint density at radius 1 is 1.54 bits per heavy atom. The van der Waals surface area contributed by atoms with Crippen molar-refractivity contribution >= 4 is 11.8 Å². The fourth-order valence-electron chi connectivity index (χ4n) is 1.29. The number of nitrogens with zero attached hydrogens (tertiary/aromatic N) is 1. The van der Waals surface area contributed by atoms with Gasteiger partial charge in [-0.25, -0.2) is 4.79 Å². The minimum absolute atomic E-state index is 0.553. The maximum Gasteiger partial charge on any atom is 0.409 e. The van der Waals surface area contributed by atoms with Crippen molar-refractivity contribution in [1.29, 1.82) is 0 Å². The van der Waals surface area contributed by atoms with E-state index in [1.807, 2.05) is 6.07 Å². The molecular weight excluding hydrogens is 168 g/mol. The van der Waals surface area contributed by atoms with Gasteiger partial charge in [-0.15, -0.1) is 0 Å². The van der Waals surface area contributed by atoms with E-state index in [0.29, 0.717) is 11.6 Å². The molecule has 1 aliphatic rings. The molecule has 1 aromatic heterocycles. The molecule has 0 aromatic carbocycles. The van der Waals surface area contributed by atoms with Crippen LogP contribution in [0.3, 0.4) is 0 Å². The summed E-state index contributed by atoms with van der Waals surface area (Å²) in [4.78, 5) is 14.3. The van der Waals surface area contributed by atoms with Crippen molar-refractivity contribution in [3.63, 3.8) is 0 Å². The number of carboxylic acid groups (broad SMARTS) is 1. The second-order valence-electron chi connectivity index (χ2n) is 3.21. The van der Waals surface area contributed by atoms with Crippen molar-refractivity contribution in [1.82, 2.24) is 4.98 Å². The molecule has 1 saturated carbocycles. The molecule has 0 atom stereocenters. The fraction of sp³-hybridized carbons (Fsp3) is 0.333. The van der Waals surface area contributed by atoms with Crippen molar-refractivity contribution in [3.05, 3.63) is 24.0 Å². The lowest BCUT2D eigenvalue weighted by Gasteiger charge is -2.02. The summed E-state index contributed by atoms with van der Waals surface area (Å²) in [7, 11) is 0. The van der Waals surface area contributed by atoms with Crippen LogP contribution in [0.15, 0.2) is 18.5 Å². The third-order valence-corrected chi connectivity index (χ3v) is 2.06. The Hall–Kier alpha value is -1.58. The molecule has 0 saturated heterocycles. The van der Waals surface area contributed by atoms with Gasteiger partial charge in [-0.3, -0.25) is 10.3 Å². The maximum atomic E-state index is 10.3. The van der Waals surface area contributed by atoms with Crippen molar-refractivity contribution in [2.45, 2.75) is 18.8 Å². The lowest BCUT2D eigenvalue weighted by Crippen LogP contribution is -2.07. The van der Waals surface area contributed by atoms with E-state index in [2.05, 4.69) is 10.3 Å². The molecule has 2 rings (SSSR count). The number of hydrogen-bond donors (Lipinski definition) is 2. The highest BCUT2D eigenvalue weighted by atomic mass is 16.4. The molecule has 13 heavy (non-hydrogen) atoms. The maximum absolute atomic E-state index is 10.3. The van der Waals surface area contributed by atoms with Gasteiger partial charge in [0.15, 0.2) is 0 Å². The Bertz CT molecular complexity index is 334. The first-order valence-corrected chi connectivity index (χ1v) is 4.20. The van der Waals surface area contributed by atoms with Crippen LogP contribution in [0.5, 0.6) is 0 Å². The average Bonchev–Trinajstić information content (AvgIpc) is 2.85. The zero-order chi connectivity index (χ0) is 9.26. The van der Waals surface area contributed by atoms with Crippen LogP contribution in [0.2, 0.25) is 0 Å². The number of amides is 1. The zero-order valence-corrected chi connectivity index (χ0v) is 7.03. The fourth-order valence-corrected chi connectivity index (χ4v) is 1.29. The number of anilines is 1. The van der Waals surface area contributed by atoms with E-state index < -0.39 is 6.09 Å². The standard InChI is InChI=1S/C9H10N2O2/c12-9(13)11-8-3-7(4-10-5-8)6-1-2-6/h3-6,11H,1-2H2,(H,12,13). The van der Waals surface area contributed by atoms with Gasteiger partial charge in [0, 0.05) is 6.20 Å². The van der Waals surface area contributed by atoms with E-state index >= 15 is 0 Å². The number of nitrogens with one attached hydrogen (secondary N) is 1. The molecule has 1 amide bonds. The van der Waals surface area contributed by atoms with Gasteiger partial charge in [0.2, 0.25) is 0 Å². The van der Waals surface area contributed by atoms with Crippen LogP contribution in [-0.4, -0.2) is 16.2 Å². The summed E-state index contributed by atoms with van der Waals surface area (Å²) in [5.41, 5.74) is 1.68.